The number of carbonyl (C=O) groups is 1. The Morgan fingerprint density at radius 3 is 2.62 bits per heavy atom. The molecule has 1 saturated heterocycles. The van der Waals surface area contributed by atoms with Crippen LogP contribution in [0.5, 0.6) is 5.75 Å². The van der Waals surface area contributed by atoms with Crippen molar-refractivity contribution in [1.82, 2.24) is 20.0 Å². The second kappa shape index (κ2) is 12.9. The number of fused-ring (bicyclic) bond motifs is 1. The molecule has 0 saturated carbocycles. The summed E-state index contributed by atoms with van der Waals surface area (Å²) in [5, 5.41) is 16.2. The van der Waals surface area contributed by atoms with Crippen molar-refractivity contribution in [3.63, 3.8) is 0 Å². The Bertz CT molecular complexity index is 1520. The molecule has 1 aromatic heterocycles. The largest absolute Gasteiger partial charge is 0.493 e. The summed E-state index contributed by atoms with van der Waals surface area (Å²) in [5.74, 6) is 1.38. The van der Waals surface area contributed by atoms with E-state index in [-0.39, 0.29) is 17.6 Å². The van der Waals surface area contributed by atoms with Crippen molar-refractivity contribution in [1.29, 1.82) is 0 Å². The van der Waals surface area contributed by atoms with Gasteiger partial charge in [-0.25, -0.2) is 9.48 Å². The molecule has 5 rings (SSSR count). The highest BCUT2D eigenvalue weighted by atomic mass is 16.5. The molecule has 1 unspecified atom stereocenters. The molecule has 3 N–H and O–H groups in total. The number of nitrogens with one attached hydrogen (secondary N) is 3. The summed E-state index contributed by atoms with van der Waals surface area (Å²) < 4.78 is 13.8. The van der Waals surface area contributed by atoms with E-state index in [1.54, 1.807) is 4.68 Å². The average molecular weight is 571 g/mol. The first kappa shape index (κ1) is 29.6. The predicted octanol–water partition coefficient (Wildman–Crippen LogP) is 5.79. The van der Waals surface area contributed by atoms with Gasteiger partial charge in [-0.2, -0.15) is 5.10 Å². The zero-order valence-corrected chi connectivity index (χ0v) is 25.2. The Hall–Kier alpha value is -3.92. The van der Waals surface area contributed by atoms with Gasteiger partial charge in [0.25, 0.3) is 0 Å². The first-order valence-electron chi connectivity index (χ1n) is 14.6. The molecule has 4 aromatic rings. The minimum Gasteiger partial charge on any atom is -0.493 e. The zero-order chi connectivity index (χ0) is 29.7. The number of ether oxygens (including phenoxy) is 2. The molecule has 0 radical (unpaired) electrons. The topological polar surface area (TPSA) is 92.7 Å². The lowest BCUT2D eigenvalue weighted by atomic mass is 9.92. The van der Waals surface area contributed by atoms with E-state index >= 15 is 0 Å². The lowest BCUT2D eigenvalue weighted by Gasteiger charge is -2.23. The van der Waals surface area contributed by atoms with Crippen molar-refractivity contribution in [2.24, 2.45) is 0 Å². The fourth-order valence-electron chi connectivity index (χ4n) is 5.07. The van der Waals surface area contributed by atoms with E-state index < -0.39 is 0 Å². The van der Waals surface area contributed by atoms with E-state index in [4.69, 9.17) is 14.6 Å². The van der Waals surface area contributed by atoms with Crippen LogP contribution in [-0.4, -0.2) is 67.2 Å². The first-order chi connectivity index (χ1) is 20.2. The fourth-order valence-corrected chi connectivity index (χ4v) is 5.07. The maximum atomic E-state index is 13.4. The van der Waals surface area contributed by atoms with Gasteiger partial charge in [0.1, 0.15) is 11.6 Å². The maximum absolute atomic E-state index is 13.4. The minimum atomic E-state index is -0.346. The van der Waals surface area contributed by atoms with Crippen LogP contribution in [0.1, 0.15) is 38.4 Å². The van der Waals surface area contributed by atoms with Crippen molar-refractivity contribution in [3.8, 4) is 11.4 Å². The van der Waals surface area contributed by atoms with Gasteiger partial charge in [-0.1, -0.05) is 57.2 Å². The summed E-state index contributed by atoms with van der Waals surface area (Å²) in [7, 11) is 4.09. The van der Waals surface area contributed by atoms with Gasteiger partial charge >= 0.3 is 6.03 Å². The number of aromatic nitrogens is 2. The molecule has 1 aliphatic rings. The molecule has 3 aromatic carbocycles. The van der Waals surface area contributed by atoms with E-state index in [0.29, 0.717) is 18.1 Å². The van der Waals surface area contributed by atoms with Crippen molar-refractivity contribution in [2.75, 3.05) is 51.0 Å². The lowest BCUT2D eigenvalue weighted by molar-refractivity contribution is 0.0160. The Morgan fingerprint density at radius 2 is 1.88 bits per heavy atom. The number of hydrogen-bond acceptors (Lipinski definition) is 6. The number of hydrogen-bond donors (Lipinski definition) is 3. The van der Waals surface area contributed by atoms with E-state index in [2.05, 4.69) is 53.8 Å². The van der Waals surface area contributed by atoms with Gasteiger partial charge in [0.2, 0.25) is 0 Å². The summed E-state index contributed by atoms with van der Waals surface area (Å²) in [5.41, 5.74) is 3.45. The standard InChI is InChI=1S/C33H42N6O3/c1-33(2,3)30-20-31(39(37-30)24-10-8-9-23(19-24)22-38(4)5)36-32(40)35-28-13-14-29(27-12-7-6-11-26(27)28)42-17-15-25-21-34-16-18-41-25/h6-14,19-20,25,34H,15-18,21-22H2,1-5H3,(H2,35,36,40). The van der Waals surface area contributed by atoms with Crippen LogP contribution in [0, 0.1) is 0 Å². The molecule has 9 nitrogen and oxygen atoms in total. The van der Waals surface area contributed by atoms with E-state index in [0.717, 1.165) is 66.1 Å². The summed E-state index contributed by atoms with van der Waals surface area (Å²) in [6.07, 6.45) is 0.976. The van der Waals surface area contributed by atoms with Gasteiger partial charge in [0.05, 0.1) is 36.4 Å². The van der Waals surface area contributed by atoms with Crippen molar-refractivity contribution >= 4 is 28.3 Å². The third-order valence-corrected chi connectivity index (χ3v) is 7.21. The number of anilines is 2. The Balaban J connectivity index is 1.34. The zero-order valence-electron chi connectivity index (χ0n) is 25.2. The van der Waals surface area contributed by atoms with Crippen molar-refractivity contribution in [3.05, 3.63) is 78.0 Å². The van der Waals surface area contributed by atoms with Gasteiger partial charge in [-0.05, 0) is 43.9 Å². The molecule has 0 aliphatic carbocycles. The summed E-state index contributed by atoms with van der Waals surface area (Å²) in [6, 6.07) is 21.6. The van der Waals surface area contributed by atoms with Crippen LogP contribution in [0.15, 0.2) is 66.7 Å². The van der Waals surface area contributed by atoms with Crippen LogP contribution < -0.4 is 20.7 Å². The normalized spacial score (nSPS) is 15.6. The highest BCUT2D eigenvalue weighted by Gasteiger charge is 2.22. The summed E-state index contributed by atoms with van der Waals surface area (Å²) >= 11 is 0. The molecule has 0 bridgehead atoms. The van der Waals surface area contributed by atoms with Gasteiger partial charge in [-0.3, -0.25) is 5.32 Å². The lowest BCUT2D eigenvalue weighted by Crippen LogP contribution is -2.39. The Morgan fingerprint density at radius 1 is 1.07 bits per heavy atom. The number of amides is 2. The van der Waals surface area contributed by atoms with Crippen LogP contribution in [-0.2, 0) is 16.7 Å². The first-order valence-corrected chi connectivity index (χ1v) is 14.6. The molecule has 2 amide bonds. The SMILES string of the molecule is CN(C)Cc1cccc(-n2nc(C(C)(C)C)cc2NC(=O)Nc2ccc(OCCC3CNCCO3)c3ccccc23)c1. The monoisotopic (exact) mass is 570 g/mol. The molecule has 9 heteroatoms. The van der Waals surface area contributed by atoms with E-state index in [1.807, 2.05) is 68.7 Å². The van der Waals surface area contributed by atoms with Gasteiger partial charge in [-0.15, -0.1) is 0 Å². The summed E-state index contributed by atoms with van der Waals surface area (Å²) in [4.78, 5) is 15.5. The molecular weight excluding hydrogens is 528 g/mol. The van der Waals surface area contributed by atoms with Crippen LogP contribution in [0.2, 0.25) is 0 Å². The van der Waals surface area contributed by atoms with Gasteiger partial charge in [0, 0.05) is 48.3 Å². The average Bonchev–Trinajstić information content (AvgIpc) is 3.39. The molecule has 222 valence electrons. The van der Waals surface area contributed by atoms with Crippen molar-refractivity contribution < 1.29 is 14.3 Å². The smallest absolute Gasteiger partial charge is 0.324 e. The third-order valence-electron chi connectivity index (χ3n) is 7.21. The maximum Gasteiger partial charge on any atom is 0.324 e. The third kappa shape index (κ3) is 7.28. The Kier molecular flexibility index (Phi) is 9.11. The number of urea groups is 1. The number of morpholine rings is 1. The number of carbonyl (C=O) groups excluding carboxylic acids is 1. The molecule has 0 spiro atoms. The Labute approximate surface area is 248 Å². The van der Waals surface area contributed by atoms with Crippen LogP contribution in [0.3, 0.4) is 0 Å². The van der Waals surface area contributed by atoms with Gasteiger partial charge in [0.15, 0.2) is 0 Å². The molecule has 2 heterocycles. The van der Waals surface area contributed by atoms with Crippen LogP contribution in [0.25, 0.3) is 16.5 Å². The van der Waals surface area contributed by atoms with Crippen molar-refractivity contribution in [2.45, 2.75) is 45.3 Å². The van der Waals surface area contributed by atoms with E-state index in [1.165, 1.54) is 0 Å². The highest BCUT2D eigenvalue weighted by molar-refractivity contribution is 6.07. The highest BCUT2D eigenvalue weighted by Crippen LogP contribution is 2.32. The molecule has 1 atom stereocenters. The molecule has 42 heavy (non-hydrogen) atoms. The minimum absolute atomic E-state index is 0.164. The van der Waals surface area contributed by atoms with Crippen LogP contribution >= 0.6 is 0 Å². The fraction of sp³-hybridized carbons (Fsp3) is 0.394. The molecule has 1 aliphatic heterocycles. The number of rotatable bonds is 9. The predicted molar refractivity (Wildman–Crippen MR) is 169 cm³/mol. The number of benzene rings is 3. The molecule has 1 fully saturated rings. The van der Waals surface area contributed by atoms with Crippen LogP contribution in [0.4, 0.5) is 16.3 Å². The number of nitrogens with zero attached hydrogens (tertiary/aromatic N) is 3. The van der Waals surface area contributed by atoms with Gasteiger partial charge < -0.3 is 25.0 Å². The second-order valence-corrected chi connectivity index (χ2v) is 12.1. The quantitative estimate of drug-likeness (QED) is 0.236. The second-order valence-electron chi connectivity index (χ2n) is 12.1. The van der Waals surface area contributed by atoms with E-state index in [9.17, 15) is 4.79 Å². The summed E-state index contributed by atoms with van der Waals surface area (Å²) in [6.45, 7) is 10.2. The molecular formula is C33H42N6O3.